The third-order valence-corrected chi connectivity index (χ3v) is 10.5. The van der Waals surface area contributed by atoms with E-state index in [0.29, 0.717) is 53.7 Å². The number of nitrogens with zero attached hydrogens (tertiary/aromatic N) is 5. The Balaban J connectivity index is 1.13. The number of fused-ring (bicyclic) bond motifs is 2. The van der Waals surface area contributed by atoms with Gasteiger partial charge in [0.1, 0.15) is 5.82 Å². The maximum Gasteiger partial charge on any atom is 0.355 e. The van der Waals surface area contributed by atoms with Crippen molar-refractivity contribution in [2.75, 3.05) is 30.0 Å². The number of ether oxygens (including phenoxy) is 1. The summed E-state index contributed by atoms with van der Waals surface area (Å²) in [5, 5.41) is 27.9. The highest BCUT2D eigenvalue weighted by Gasteiger charge is 2.35. The highest BCUT2D eigenvalue weighted by molar-refractivity contribution is 7.22. The van der Waals surface area contributed by atoms with E-state index in [1.165, 1.54) is 11.3 Å². The number of benzene rings is 2. The van der Waals surface area contributed by atoms with Crippen molar-refractivity contribution in [3.63, 3.8) is 0 Å². The van der Waals surface area contributed by atoms with Crippen LogP contribution in [-0.2, 0) is 24.2 Å². The molecule has 3 aromatic heterocycles. The normalized spacial score (nSPS) is 15.8. The minimum absolute atomic E-state index is 0.0354. The second-order valence-corrected chi connectivity index (χ2v) is 13.6. The number of hydrogen-bond donors (Lipinski definition) is 3. The standard InChI is InChI=1S/C36H38N6O5S/c1-23-27(20-37-42(23)22-36(47-19-18-43)15-5-2-6-16-36)25-12-13-31(39-32(25)34(45)46)41-17-14-24-8-7-9-26(28(24)21-41)33(44)40-35-38-29-10-3-4-11-30(29)48-35/h3-4,7-13,20,43H,2,5-6,14-19,21-22H2,1H3,(H,45,46)(H,38,40,44). The van der Waals surface area contributed by atoms with Crippen LogP contribution >= 0.6 is 11.3 Å². The van der Waals surface area contributed by atoms with Crippen LogP contribution in [-0.4, -0.2) is 67.2 Å². The van der Waals surface area contributed by atoms with Gasteiger partial charge in [-0.3, -0.25) is 14.8 Å². The number of aliphatic hydroxyl groups excluding tert-OH is 1. The first-order valence-electron chi connectivity index (χ1n) is 16.4. The maximum atomic E-state index is 13.5. The van der Waals surface area contributed by atoms with E-state index in [0.717, 1.165) is 59.1 Å². The lowest BCUT2D eigenvalue weighted by Crippen LogP contribution is -2.41. The smallest absolute Gasteiger partial charge is 0.355 e. The summed E-state index contributed by atoms with van der Waals surface area (Å²) >= 11 is 1.43. The monoisotopic (exact) mass is 666 g/mol. The average Bonchev–Trinajstić information content (AvgIpc) is 3.68. The van der Waals surface area contributed by atoms with Gasteiger partial charge in [-0.1, -0.05) is 54.9 Å². The highest BCUT2D eigenvalue weighted by Crippen LogP contribution is 2.36. The van der Waals surface area contributed by atoms with E-state index < -0.39 is 11.6 Å². The molecule has 5 aromatic rings. The van der Waals surface area contributed by atoms with Crippen LogP contribution in [0.5, 0.6) is 0 Å². The quantitative estimate of drug-likeness (QED) is 0.161. The zero-order valence-corrected chi connectivity index (χ0v) is 27.6. The van der Waals surface area contributed by atoms with Crippen LogP contribution < -0.4 is 10.2 Å². The molecule has 0 radical (unpaired) electrons. The van der Waals surface area contributed by atoms with Crippen molar-refractivity contribution in [2.45, 2.75) is 64.1 Å². The van der Waals surface area contributed by atoms with Gasteiger partial charge in [0.15, 0.2) is 10.8 Å². The van der Waals surface area contributed by atoms with E-state index >= 15 is 0 Å². The van der Waals surface area contributed by atoms with Crippen LogP contribution in [0.1, 0.15) is 69.8 Å². The highest BCUT2D eigenvalue weighted by atomic mass is 32.1. The molecule has 3 N–H and O–H groups in total. The number of carbonyl (C=O) groups is 2. The largest absolute Gasteiger partial charge is 0.476 e. The molecule has 1 amide bonds. The number of carboxylic acid groups (broad SMARTS) is 1. The van der Waals surface area contributed by atoms with E-state index in [-0.39, 0.29) is 24.8 Å². The third kappa shape index (κ3) is 6.30. The van der Waals surface area contributed by atoms with E-state index in [1.807, 2.05) is 65.0 Å². The summed E-state index contributed by atoms with van der Waals surface area (Å²) in [4.78, 5) is 37.3. The SMILES string of the molecule is Cc1c(-c2ccc(N3CCc4cccc(C(=O)Nc5nc6ccccc6s5)c4C3)nc2C(=O)O)cnn1CC1(OCCO)CCCCC1. The summed E-state index contributed by atoms with van der Waals surface area (Å²) in [7, 11) is 0. The number of aromatic carboxylic acids is 1. The van der Waals surface area contributed by atoms with Crippen LogP contribution in [0.4, 0.5) is 10.9 Å². The molecule has 1 saturated carbocycles. The summed E-state index contributed by atoms with van der Waals surface area (Å²) in [6.07, 6.45) is 7.46. The molecule has 0 spiro atoms. The van der Waals surface area contributed by atoms with Crippen molar-refractivity contribution < 1.29 is 24.5 Å². The molecule has 0 unspecified atom stereocenters. The Kier molecular flexibility index (Phi) is 8.95. The molecule has 11 nitrogen and oxygen atoms in total. The summed E-state index contributed by atoms with van der Waals surface area (Å²) in [6.45, 7) is 3.76. The molecule has 248 valence electrons. The minimum Gasteiger partial charge on any atom is -0.476 e. The van der Waals surface area contributed by atoms with Gasteiger partial charge in [-0.25, -0.2) is 14.8 Å². The van der Waals surface area contributed by atoms with E-state index in [1.54, 1.807) is 12.3 Å². The number of carbonyl (C=O) groups excluding carboxylic acids is 1. The second-order valence-electron chi connectivity index (χ2n) is 12.5. The molecule has 2 aliphatic rings. The molecule has 4 heterocycles. The Morgan fingerprint density at radius 1 is 1.02 bits per heavy atom. The molecule has 1 fully saturated rings. The molecule has 7 rings (SSSR count). The van der Waals surface area contributed by atoms with Crippen molar-refractivity contribution in [1.29, 1.82) is 0 Å². The molecule has 48 heavy (non-hydrogen) atoms. The number of para-hydroxylation sites is 1. The Morgan fingerprint density at radius 3 is 2.65 bits per heavy atom. The third-order valence-electron chi connectivity index (χ3n) is 9.53. The number of carboxylic acids is 1. The van der Waals surface area contributed by atoms with Gasteiger partial charge in [0.25, 0.3) is 5.91 Å². The predicted octanol–water partition coefficient (Wildman–Crippen LogP) is 6.09. The van der Waals surface area contributed by atoms with Crippen molar-refractivity contribution in [3.8, 4) is 11.1 Å². The summed E-state index contributed by atoms with van der Waals surface area (Å²) in [5.74, 6) is -0.819. The maximum absolute atomic E-state index is 13.5. The van der Waals surface area contributed by atoms with Crippen molar-refractivity contribution in [1.82, 2.24) is 19.7 Å². The Labute approximate surface area is 282 Å². The Hall–Kier alpha value is -4.65. The van der Waals surface area contributed by atoms with Gasteiger partial charge in [-0.15, -0.1) is 0 Å². The molecule has 12 heteroatoms. The second kappa shape index (κ2) is 13.5. The zero-order chi connectivity index (χ0) is 33.3. The molecule has 1 aliphatic carbocycles. The molecular weight excluding hydrogens is 629 g/mol. The number of amides is 1. The van der Waals surface area contributed by atoms with Crippen LogP contribution in [0, 0.1) is 6.92 Å². The van der Waals surface area contributed by atoms with Gasteiger partial charge in [0.2, 0.25) is 0 Å². The molecule has 0 saturated heterocycles. The number of rotatable bonds is 10. The first-order chi connectivity index (χ1) is 23.3. The summed E-state index contributed by atoms with van der Waals surface area (Å²) in [6, 6.07) is 17.2. The molecule has 2 aromatic carbocycles. The lowest BCUT2D eigenvalue weighted by Gasteiger charge is -2.37. The van der Waals surface area contributed by atoms with Crippen molar-refractivity contribution in [3.05, 3.63) is 88.9 Å². The van der Waals surface area contributed by atoms with Crippen LogP contribution in [0.3, 0.4) is 0 Å². The van der Waals surface area contributed by atoms with E-state index in [9.17, 15) is 19.8 Å². The fourth-order valence-electron chi connectivity index (χ4n) is 7.03. The van der Waals surface area contributed by atoms with Gasteiger partial charge in [0.05, 0.1) is 41.8 Å². The fraction of sp³-hybridized carbons (Fsp3) is 0.361. The number of pyridine rings is 1. The van der Waals surface area contributed by atoms with Gasteiger partial charge in [-0.05, 0) is 67.6 Å². The lowest BCUT2D eigenvalue weighted by molar-refractivity contribution is -0.0924. The van der Waals surface area contributed by atoms with Gasteiger partial charge >= 0.3 is 5.97 Å². The van der Waals surface area contributed by atoms with E-state index in [4.69, 9.17) is 4.74 Å². The Bertz CT molecular complexity index is 1950. The van der Waals surface area contributed by atoms with Gasteiger partial charge in [0, 0.05) is 35.5 Å². The topological polar surface area (TPSA) is 143 Å². The summed E-state index contributed by atoms with van der Waals surface area (Å²) in [5.41, 5.74) is 4.96. The van der Waals surface area contributed by atoms with Gasteiger partial charge in [-0.2, -0.15) is 5.10 Å². The molecule has 0 atom stereocenters. The Morgan fingerprint density at radius 2 is 1.85 bits per heavy atom. The summed E-state index contributed by atoms with van der Waals surface area (Å²) < 4.78 is 9.07. The predicted molar refractivity (Wildman–Crippen MR) is 185 cm³/mol. The first kappa shape index (κ1) is 31.9. The number of nitrogens with one attached hydrogen (secondary N) is 1. The van der Waals surface area contributed by atoms with Crippen LogP contribution in [0.15, 0.2) is 60.8 Å². The van der Waals surface area contributed by atoms with Crippen molar-refractivity contribution in [2.24, 2.45) is 0 Å². The molecule has 0 bridgehead atoms. The average molecular weight is 667 g/mol. The zero-order valence-electron chi connectivity index (χ0n) is 26.8. The van der Waals surface area contributed by atoms with Crippen molar-refractivity contribution >= 4 is 44.4 Å². The first-order valence-corrected chi connectivity index (χ1v) is 17.2. The van der Waals surface area contributed by atoms with Crippen LogP contribution in [0.2, 0.25) is 0 Å². The number of thiazole rings is 1. The molecule has 1 aliphatic heterocycles. The number of hydrogen-bond acceptors (Lipinski definition) is 9. The number of aliphatic hydroxyl groups is 1. The molecular formula is C36H38N6O5S. The van der Waals surface area contributed by atoms with Crippen LogP contribution in [0.25, 0.3) is 21.3 Å². The minimum atomic E-state index is -1.12. The number of aromatic nitrogens is 4. The fourth-order valence-corrected chi connectivity index (χ4v) is 7.90. The van der Waals surface area contributed by atoms with E-state index in [2.05, 4.69) is 20.4 Å². The lowest BCUT2D eigenvalue weighted by atomic mass is 9.84. The number of anilines is 2. The van der Waals surface area contributed by atoms with Gasteiger partial charge < -0.3 is 19.8 Å².